The number of carbonyl (C=O) groups excluding carboxylic acids is 5. The molecule has 0 unspecified atom stereocenters. The molecular weight excluding hydrogens is 609 g/mol. The summed E-state index contributed by atoms with van der Waals surface area (Å²) in [7, 11) is 1.60. The van der Waals surface area contributed by atoms with Gasteiger partial charge in [-0.05, 0) is 50.9 Å². The van der Waals surface area contributed by atoms with E-state index in [4.69, 9.17) is 5.73 Å². The third kappa shape index (κ3) is 12.3. The number of halogens is 1. The number of hydrogen-bond donors (Lipinski definition) is 6. The molecule has 1 saturated carbocycles. The Morgan fingerprint density at radius 2 is 1.60 bits per heavy atom. The van der Waals surface area contributed by atoms with Crippen LogP contribution in [0.25, 0.3) is 0 Å². The first-order valence-corrected chi connectivity index (χ1v) is 17.5. The average molecular weight is 670 g/mol. The second-order valence-electron chi connectivity index (χ2n) is 13.5. The number of rotatable bonds is 11. The zero-order chi connectivity index (χ0) is 35.1. The van der Waals surface area contributed by atoms with Crippen molar-refractivity contribution in [1.29, 1.82) is 0 Å². The Bertz CT molecular complexity index is 1030. The standard InChI is InChI=1S/C33H60FN7O6/c1-6-7-14-25-33(47)40(5)26(19-21(2)3)30(44)39-28(23-12-9-8-10-13-23)32(46)37-24(20-35)29(43)38-27(22(4)42)31(45)36-16-18-41(25)17-11-15-34/h21-28,42H,6-20,35H2,1-5H3,(H,36,45)(H,37,46)(H,38,43)(H,39,44)/t22-,24-,25-,26-,27-,28-/m0/s1. The Morgan fingerprint density at radius 3 is 2.17 bits per heavy atom. The summed E-state index contributed by atoms with van der Waals surface area (Å²) in [5.41, 5.74) is 5.89. The molecule has 7 N–H and O–H groups in total. The molecule has 0 bridgehead atoms. The maximum Gasteiger partial charge on any atom is 0.245 e. The topological polar surface area (TPSA) is 186 Å². The minimum absolute atomic E-state index is 0.0416. The number of carbonyl (C=O) groups is 5. The first-order chi connectivity index (χ1) is 22.4. The lowest BCUT2D eigenvalue weighted by Gasteiger charge is -2.38. The maximum absolute atomic E-state index is 14.3. The van der Waals surface area contributed by atoms with Crippen LogP contribution in [0, 0.1) is 11.8 Å². The van der Waals surface area contributed by atoms with Gasteiger partial charge in [0.1, 0.15) is 24.2 Å². The molecule has 47 heavy (non-hydrogen) atoms. The van der Waals surface area contributed by atoms with Crippen LogP contribution in [-0.4, -0.2) is 121 Å². The highest BCUT2D eigenvalue weighted by atomic mass is 19.1. The molecule has 2 rings (SSSR count). The first kappa shape index (κ1) is 40.3. The van der Waals surface area contributed by atoms with Gasteiger partial charge in [-0.15, -0.1) is 0 Å². The molecule has 14 heteroatoms. The highest BCUT2D eigenvalue weighted by Crippen LogP contribution is 2.27. The monoisotopic (exact) mass is 669 g/mol. The van der Waals surface area contributed by atoms with E-state index in [0.717, 1.165) is 25.7 Å². The van der Waals surface area contributed by atoms with Gasteiger partial charge in [0, 0.05) is 33.2 Å². The summed E-state index contributed by atoms with van der Waals surface area (Å²) in [5.74, 6) is -2.87. The molecule has 0 radical (unpaired) electrons. The highest BCUT2D eigenvalue weighted by molar-refractivity contribution is 5.96. The maximum atomic E-state index is 14.3. The minimum atomic E-state index is -1.35. The third-order valence-corrected chi connectivity index (χ3v) is 9.28. The quantitative estimate of drug-likeness (QED) is 0.185. The fourth-order valence-corrected chi connectivity index (χ4v) is 6.52. The van der Waals surface area contributed by atoms with E-state index in [1.54, 1.807) is 7.05 Å². The predicted molar refractivity (Wildman–Crippen MR) is 178 cm³/mol. The molecule has 5 amide bonds. The molecule has 270 valence electrons. The number of alkyl halides is 1. The van der Waals surface area contributed by atoms with Crippen LogP contribution in [0.4, 0.5) is 4.39 Å². The summed E-state index contributed by atoms with van der Waals surface area (Å²) in [6.45, 7) is 6.91. The lowest BCUT2D eigenvalue weighted by Crippen LogP contribution is -2.63. The summed E-state index contributed by atoms with van der Waals surface area (Å²) in [6, 6.07) is -5.12. The summed E-state index contributed by atoms with van der Waals surface area (Å²) in [6.07, 6.45) is 5.44. The zero-order valence-corrected chi connectivity index (χ0v) is 29.1. The van der Waals surface area contributed by atoms with E-state index in [-0.39, 0.29) is 50.3 Å². The van der Waals surface area contributed by atoms with Gasteiger partial charge < -0.3 is 37.0 Å². The summed E-state index contributed by atoms with van der Waals surface area (Å²) < 4.78 is 13.4. The Labute approximate surface area is 279 Å². The van der Waals surface area contributed by atoms with Gasteiger partial charge >= 0.3 is 0 Å². The Balaban J connectivity index is 2.61. The van der Waals surface area contributed by atoms with Crippen molar-refractivity contribution in [1.82, 2.24) is 31.1 Å². The lowest BCUT2D eigenvalue weighted by molar-refractivity contribution is -0.145. The van der Waals surface area contributed by atoms with Crippen LogP contribution in [0.2, 0.25) is 0 Å². The molecule has 1 aliphatic heterocycles. The number of aliphatic hydroxyl groups is 1. The van der Waals surface area contributed by atoms with Crippen LogP contribution in [0.1, 0.15) is 91.9 Å². The molecule has 0 aromatic rings. The van der Waals surface area contributed by atoms with Crippen LogP contribution >= 0.6 is 0 Å². The molecule has 1 heterocycles. The second kappa shape index (κ2) is 20.5. The largest absolute Gasteiger partial charge is 0.391 e. The van der Waals surface area contributed by atoms with Gasteiger partial charge in [0.15, 0.2) is 0 Å². The molecule has 0 spiro atoms. The van der Waals surface area contributed by atoms with E-state index in [2.05, 4.69) is 21.3 Å². The molecule has 0 aromatic carbocycles. The Morgan fingerprint density at radius 1 is 0.915 bits per heavy atom. The van der Waals surface area contributed by atoms with Gasteiger partial charge in [-0.25, -0.2) is 0 Å². The van der Waals surface area contributed by atoms with E-state index in [1.165, 1.54) is 11.8 Å². The molecule has 13 nitrogen and oxygen atoms in total. The molecular formula is C33H60FN7O6. The number of nitrogens with zero attached hydrogens (tertiary/aromatic N) is 2. The van der Waals surface area contributed by atoms with E-state index in [0.29, 0.717) is 32.1 Å². The molecule has 2 aliphatic rings. The smallest absolute Gasteiger partial charge is 0.245 e. The van der Waals surface area contributed by atoms with Crippen molar-refractivity contribution in [3.63, 3.8) is 0 Å². The van der Waals surface area contributed by atoms with Gasteiger partial charge in [-0.1, -0.05) is 52.9 Å². The van der Waals surface area contributed by atoms with Crippen LogP contribution in [0.3, 0.4) is 0 Å². The lowest BCUT2D eigenvalue weighted by atomic mass is 9.83. The second-order valence-corrected chi connectivity index (χ2v) is 13.5. The van der Waals surface area contributed by atoms with Crippen molar-refractivity contribution >= 4 is 29.5 Å². The number of aliphatic hydroxyl groups excluding tert-OH is 1. The number of hydrogen-bond acceptors (Lipinski definition) is 8. The number of nitrogens with one attached hydrogen (secondary N) is 4. The van der Waals surface area contributed by atoms with Crippen LogP contribution in [-0.2, 0) is 24.0 Å². The predicted octanol–water partition coefficient (Wildman–Crippen LogP) is 0.584. The number of likely N-dealkylation sites (N-methyl/N-ethyl adjacent to an activating group) is 1. The van der Waals surface area contributed by atoms with E-state index in [1.807, 2.05) is 25.7 Å². The van der Waals surface area contributed by atoms with Crippen molar-refractivity contribution in [3.05, 3.63) is 0 Å². The minimum Gasteiger partial charge on any atom is -0.391 e. The molecule has 1 saturated heterocycles. The van der Waals surface area contributed by atoms with Crippen molar-refractivity contribution in [3.8, 4) is 0 Å². The molecule has 0 aromatic heterocycles. The number of amides is 5. The summed E-state index contributed by atoms with van der Waals surface area (Å²) in [4.78, 5) is 72.0. The number of unbranched alkanes of at least 4 members (excludes halogenated alkanes) is 1. The van der Waals surface area contributed by atoms with Crippen LogP contribution in [0.5, 0.6) is 0 Å². The molecule has 6 atom stereocenters. The SMILES string of the molecule is CCCC[C@H]1C(=O)N(C)[C@@H](CC(C)C)C(=O)N[C@@H](C2CCCCC2)C(=O)N[C@@H](CN)C(=O)N[C@@H]([C@H](C)O)C(=O)NCCN1CCCF. The zero-order valence-electron chi connectivity index (χ0n) is 29.1. The van der Waals surface area contributed by atoms with E-state index >= 15 is 0 Å². The highest BCUT2D eigenvalue weighted by Gasteiger charge is 2.39. The molecule has 1 aliphatic carbocycles. The van der Waals surface area contributed by atoms with Crippen LogP contribution in [0.15, 0.2) is 0 Å². The van der Waals surface area contributed by atoms with Gasteiger partial charge in [0.2, 0.25) is 29.5 Å². The van der Waals surface area contributed by atoms with Gasteiger partial charge in [0.25, 0.3) is 0 Å². The molecule has 2 fully saturated rings. The first-order valence-electron chi connectivity index (χ1n) is 17.5. The summed E-state index contributed by atoms with van der Waals surface area (Å²) in [5, 5.41) is 21.3. The van der Waals surface area contributed by atoms with Gasteiger partial charge in [-0.3, -0.25) is 33.3 Å². The van der Waals surface area contributed by atoms with E-state index < -0.39 is 66.6 Å². The normalized spacial score (nSPS) is 27.8. The Hall–Kier alpha value is -2.84. The Kier molecular flexibility index (Phi) is 17.6. The third-order valence-electron chi connectivity index (χ3n) is 9.28. The average Bonchev–Trinajstić information content (AvgIpc) is 3.04. The van der Waals surface area contributed by atoms with E-state index in [9.17, 15) is 33.5 Å². The fourth-order valence-electron chi connectivity index (χ4n) is 6.52. The van der Waals surface area contributed by atoms with Crippen molar-refractivity contribution in [2.75, 3.05) is 39.9 Å². The van der Waals surface area contributed by atoms with Crippen molar-refractivity contribution in [2.24, 2.45) is 17.6 Å². The van der Waals surface area contributed by atoms with Crippen LogP contribution < -0.4 is 27.0 Å². The number of nitrogens with two attached hydrogens (primary N) is 1. The van der Waals surface area contributed by atoms with Gasteiger partial charge in [0.05, 0.1) is 18.8 Å². The fraction of sp³-hybridized carbons (Fsp3) is 0.848. The van der Waals surface area contributed by atoms with Crippen molar-refractivity contribution < 1.29 is 33.5 Å². The summed E-state index contributed by atoms with van der Waals surface area (Å²) >= 11 is 0. The van der Waals surface area contributed by atoms with Crippen molar-refractivity contribution in [2.45, 2.75) is 128 Å². The van der Waals surface area contributed by atoms with Gasteiger partial charge in [-0.2, -0.15) is 0 Å².